The van der Waals surface area contributed by atoms with Crippen molar-refractivity contribution in [2.45, 2.75) is 13.8 Å². The van der Waals surface area contributed by atoms with Crippen LogP contribution in [-0.4, -0.2) is 6.29 Å². The first-order chi connectivity index (χ1) is 3.18. The maximum atomic E-state index is 9.89. The summed E-state index contributed by atoms with van der Waals surface area (Å²) in [6, 6.07) is 0. The third kappa shape index (κ3) is 2.15. The van der Waals surface area contributed by atoms with Crippen molar-refractivity contribution < 1.29 is 4.79 Å². The monoisotopic (exact) mass is 98.1 g/mol. The van der Waals surface area contributed by atoms with Gasteiger partial charge < -0.3 is 4.79 Å². The Hall–Kier alpha value is -0.590. The molecule has 0 fully saturated rings. The van der Waals surface area contributed by atoms with Crippen LogP contribution in [0.2, 0.25) is 0 Å². The highest BCUT2D eigenvalue weighted by molar-refractivity contribution is 5.57. The fourth-order valence-electron chi connectivity index (χ4n) is 0.116. The summed E-state index contributed by atoms with van der Waals surface area (Å²) >= 11 is 0. The quantitative estimate of drug-likeness (QED) is 0.377. The van der Waals surface area contributed by atoms with E-state index in [2.05, 4.69) is 6.58 Å². The number of carbonyl (C=O) groups excluding carboxylic acids is 1. The predicted molar refractivity (Wildman–Crippen MR) is 30.0 cm³/mol. The van der Waals surface area contributed by atoms with Gasteiger partial charge in [-0.1, -0.05) is 19.1 Å². The second kappa shape index (κ2) is 2.56. The molecule has 0 rings (SSSR count). The Bertz CT molecular complexity index is 84.2. The van der Waals surface area contributed by atoms with Crippen molar-refractivity contribution in [3.8, 4) is 0 Å². The van der Waals surface area contributed by atoms with Crippen LogP contribution in [-0.2, 0) is 4.79 Å². The molecule has 0 aromatic carbocycles. The largest absolute Gasteiger partial charge is 0.303 e. The molecule has 0 amide bonds. The van der Waals surface area contributed by atoms with Crippen molar-refractivity contribution in [3.05, 3.63) is 12.2 Å². The van der Waals surface area contributed by atoms with Gasteiger partial charge in [-0.15, -0.1) is 0 Å². The first-order valence-electron chi connectivity index (χ1n) is 2.29. The van der Waals surface area contributed by atoms with Gasteiger partial charge in [-0.05, 0) is 6.92 Å². The zero-order valence-electron chi connectivity index (χ0n) is 4.77. The third-order valence-electron chi connectivity index (χ3n) is 0.981. The van der Waals surface area contributed by atoms with Crippen LogP contribution in [0.15, 0.2) is 12.2 Å². The number of hydrogen-bond acceptors (Lipinski definition) is 1. The van der Waals surface area contributed by atoms with Gasteiger partial charge in [-0.3, -0.25) is 0 Å². The molecule has 0 saturated carbocycles. The van der Waals surface area contributed by atoms with Gasteiger partial charge in [0.15, 0.2) is 0 Å². The molecule has 1 atom stereocenters. The fourth-order valence-corrected chi connectivity index (χ4v) is 0.116. The number of allylic oxidation sites excluding steroid dienone is 1. The Labute approximate surface area is 44.0 Å². The van der Waals surface area contributed by atoms with Crippen LogP contribution in [0.4, 0.5) is 0 Å². The molecule has 1 unspecified atom stereocenters. The minimum atomic E-state index is 0.0278. The van der Waals surface area contributed by atoms with Crippen molar-refractivity contribution in [1.82, 2.24) is 0 Å². The summed E-state index contributed by atoms with van der Waals surface area (Å²) in [6.07, 6.45) is 0.891. The average molecular weight is 98.1 g/mol. The molecule has 0 aromatic rings. The molecule has 0 spiro atoms. The van der Waals surface area contributed by atoms with Gasteiger partial charge in [-0.2, -0.15) is 0 Å². The average Bonchev–Trinajstić information content (AvgIpc) is 1.65. The summed E-state index contributed by atoms with van der Waals surface area (Å²) < 4.78 is 0. The van der Waals surface area contributed by atoms with Crippen LogP contribution < -0.4 is 0 Å². The first-order valence-corrected chi connectivity index (χ1v) is 2.29. The van der Waals surface area contributed by atoms with Crippen molar-refractivity contribution in [2.24, 2.45) is 5.92 Å². The van der Waals surface area contributed by atoms with Crippen LogP contribution >= 0.6 is 0 Å². The topological polar surface area (TPSA) is 17.1 Å². The summed E-state index contributed by atoms with van der Waals surface area (Å²) in [5.74, 6) is 0.0278. The lowest BCUT2D eigenvalue weighted by atomic mass is 10.1. The summed E-state index contributed by atoms with van der Waals surface area (Å²) in [5, 5.41) is 0. The molecule has 0 radical (unpaired) electrons. The van der Waals surface area contributed by atoms with Crippen LogP contribution in [0, 0.1) is 5.92 Å². The molecule has 0 N–H and O–H groups in total. The Kier molecular flexibility index (Phi) is 2.34. The lowest BCUT2D eigenvalue weighted by Crippen LogP contribution is -1.93. The van der Waals surface area contributed by atoms with Crippen molar-refractivity contribution in [2.75, 3.05) is 0 Å². The second-order valence-corrected chi connectivity index (χ2v) is 1.77. The molecule has 0 aliphatic carbocycles. The highest BCUT2D eigenvalue weighted by Gasteiger charge is 1.95. The maximum Gasteiger partial charge on any atom is 0.126 e. The van der Waals surface area contributed by atoms with Crippen LogP contribution in [0.3, 0.4) is 0 Å². The van der Waals surface area contributed by atoms with Crippen molar-refractivity contribution >= 4 is 6.29 Å². The van der Waals surface area contributed by atoms with Gasteiger partial charge in [0.25, 0.3) is 0 Å². The molecule has 0 aliphatic rings. The van der Waals surface area contributed by atoms with Gasteiger partial charge in [-0.25, -0.2) is 0 Å². The van der Waals surface area contributed by atoms with E-state index in [0.29, 0.717) is 0 Å². The molecular weight excluding hydrogens is 88.1 g/mol. The highest BCUT2D eigenvalue weighted by Crippen LogP contribution is 2.00. The molecule has 0 bridgehead atoms. The summed E-state index contributed by atoms with van der Waals surface area (Å²) in [7, 11) is 0. The summed E-state index contributed by atoms with van der Waals surface area (Å²) in [6.45, 7) is 7.27. The molecule has 0 aromatic heterocycles. The van der Waals surface area contributed by atoms with E-state index in [4.69, 9.17) is 0 Å². The summed E-state index contributed by atoms with van der Waals surface area (Å²) in [4.78, 5) is 9.89. The molecule has 1 heteroatoms. The molecule has 0 heterocycles. The summed E-state index contributed by atoms with van der Waals surface area (Å²) in [5.41, 5.74) is 0.926. The van der Waals surface area contributed by atoms with E-state index in [1.54, 1.807) is 0 Å². The normalized spacial score (nSPS) is 12.9. The SMILES string of the molecule is C=C(C)C(C)C=O. The molecule has 7 heavy (non-hydrogen) atoms. The third-order valence-corrected chi connectivity index (χ3v) is 0.981. The number of hydrogen-bond donors (Lipinski definition) is 0. The maximum absolute atomic E-state index is 9.89. The van der Waals surface area contributed by atoms with Gasteiger partial charge in [0.05, 0.1) is 0 Å². The zero-order chi connectivity index (χ0) is 5.86. The molecule has 1 nitrogen and oxygen atoms in total. The van der Waals surface area contributed by atoms with E-state index in [0.717, 1.165) is 11.9 Å². The van der Waals surface area contributed by atoms with E-state index in [1.807, 2.05) is 13.8 Å². The Morgan fingerprint density at radius 1 is 1.86 bits per heavy atom. The van der Waals surface area contributed by atoms with Crippen LogP contribution in [0.25, 0.3) is 0 Å². The molecule has 0 aliphatic heterocycles. The van der Waals surface area contributed by atoms with Gasteiger partial charge >= 0.3 is 0 Å². The first kappa shape index (κ1) is 6.41. The van der Waals surface area contributed by atoms with E-state index < -0.39 is 0 Å². The smallest absolute Gasteiger partial charge is 0.126 e. The minimum Gasteiger partial charge on any atom is -0.303 e. The molecule has 0 saturated heterocycles. The lowest BCUT2D eigenvalue weighted by molar-refractivity contribution is -0.109. The fraction of sp³-hybridized carbons (Fsp3) is 0.500. The zero-order valence-corrected chi connectivity index (χ0v) is 4.77. The van der Waals surface area contributed by atoms with E-state index in [1.165, 1.54) is 0 Å². The molecular formula is C6H10O. The van der Waals surface area contributed by atoms with E-state index >= 15 is 0 Å². The molecule has 40 valence electrons. The van der Waals surface area contributed by atoms with E-state index in [9.17, 15) is 4.79 Å². The van der Waals surface area contributed by atoms with E-state index in [-0.39, 0.29) is 5.92 Å². The Morgan fingerprint density at radius 3 is 2.29 bits per heavy atom. The lowest BCUT2D eigenvalue weighted by Gasteiger charge is -1.96. The number of rotatable bonds is 2. The number of carbonyl (C=O) groups is 1. The predicted octanol–water partition coefficient (Wildman–Crippen LogP) is 1.40. The Morgan fingerprint density at radius 2 is 2.29 bits per heavy atom. The van der Waals surface area contributed by atoms with Gasteiger partial charge in [0.2, 0.25) is 0 Å². The number of aldehydes is 1. The van der Waals surface area contributed by atoms with Crippen LogP contribution in [0.1, 0.15) is 13.8 Å². The van der Waals surface area contributed by atoms with Crippen molar-refractivity contribution in [3.63, 3.8) is 0 Å². The van der Waals surface area contributed by atoms with Gasteiger partial charge in [0.1, 0.15) is 6.29 Å². The van der Waals surface area contributed by atoms with Gasteiger partial charge in [0, 0.05) is 5.92 Å². The second-order valence-electron chi connectivity index (χ2n) is 1.77. The highest BCUT2D eigenvalue weighted by atomic mass is 16.1. The Balaban J connectivity index is 3.55. The van der Waals surface area contributed by atoms with Crippen LogP contribution in [0.5, 0.6) is 0 Å². The standard InChI is InChI=1S/C6H10O/c1-5(2)6(3)4-7/h4,6H,1H2,2-3H3. The van der Waals surface area contributed by atoms with Crippen molar-refractivity contribution in [1.29, 1.82) is 0 Å². The minimum absolute atomic E-state index is 0.0278.